The van der Waals surface area contributed by atoms with E-state index in [1.54, 1.807) is 0 Å². The number of carbonyl (C=O) groups excluding carboxylic acids is 1. The van der Waals surface area contributed by atoms with Crippen LogP contribution < -0.4 is 10.9 Å². The number of aryl methyl sites for hydroxylation is 1. The molecule has 0 saturated heterocycles. The molecule has 1 aliphatic rings. The van der Waals surface area contributed by atoms with Crippen molar-refractivity contribution in [1.82, 2.24) is 9.97 Å². The van der Waals surface area contributed by atoms with Gasteiger partial charge in [-0.05, 0) is 36.8 Å². The van der Waals surface area contributed by atoms with Crippen LogP contribution in [0.3, 0.4) is 0 Å². The fourth-order valence-electron chi connectivity index (χ4n) is 2.92. The van der Waals surface area contributed by atoms with Crippen molar-refractivity contribution < 1.29 is 4.79 Å². The molecule has 2 aromatic rings. The smallest absolute Gasteiger partial charge is 0.254 e. The number of thioether (sulfide) groups is 1. The van der Waals surface area contributed by atoms with Crippen LogP contribution in [-0.4, -0.2) is 21.6 Å². The second-order valence-electron chi connectivity index (χ2n) is 6.23. The molecule has 1 aromatic carbocycles. The molecule has 24 heavy (non-hydrogen) atoms. The molecule has 0 aliphatic heterocycles. The van der Waals surface area contributed by atoms with Gasteiger partial charge >= 0.3 is 0 Å². The summed E-state index contributed by atoms with van der Waals surface area (Å²) in [5, 5.41) is 3.47. The largest absolute Gasteiger partial charge is 0.325 e. The topological polar surface area (TPSA) is 74.8 Å². The zero-order chi connectivity index (χ0) is 17.1. The minimum Gasteiger partial charge on any atom is -0.325 e. The molecule has 0 radical (unpaired) electrons. The zero-order valence-electron chi connectivity index (χ0n) is 13.9. The molecule has 0 spiro atoms. The number of fused-ring (bicyclic) bond motifs is 1. The lowest BCUT2D eigenvalue weighted by Gasteiger charge is -2.13. The number of hydrogen-bond donors (Lipinski definition) is 2. The van der Waals surface area contributed by atoms with Crippen molar-refractivity contribution in [2.45, 2.75) is 44.2 Å². The standard InChI is InChI=1S/C18H21N3O2S/c1-11(2)12-6-3-4-8-14(12)19-16(22)10-24-18-20-15-9-5-7-13(15)17(23)21-18/h3-4,6,8,11H,5,7,9-10H2,1-2H3,(H,19,22)(H,20,21,23). The van der Waals surface area contributed by atoms with Crippen molar-refractivity contribution in [2.75, 3.05) is 11.1 Å². The quantitative estimate of drug-likeness (QED) is 0.646. The van der Waals surface area contributed by atoms with E-state index in [9.17, 15) is 9.59 Å². The van der Waals surface area contributed by atoms with Crippen LogP contribution in [0.5, 0.6) is 0 Å². The molecule has 0 unspecified atom stereocenters. The Labute approximate surface area is 145 Å². The molecule has 6 heteroatoms. The van der Waals surface area contributed by atoms with Crippen LogP contribution in [0.15, 0.2) is 34.2 Å². The maximum absolute atomic E-state index is 12.2. The van der Waals surface area contributed by atoms with Gasteiger partial charge < -0.3 is 10.3 Å². The molecule has 3 rings (SSSR count). The van der Waals surface area contributed by atoms with E-state index in [0.29, 0.717) is 11.1 Å². The molecule has 1 aromatic heterocycles. The van der Waals surface area contributed by atoms with Crippen LogP contribution in [0, 0.1) is 0 Å². The molecule has 0 bridgehead atoms. The van der Waals surface area contributed by atoms with Gasteiger partial charge in [0.15, 0.2) is 5.16 Å². The summed E-state index contributed by atoms with van der Waals surface area (Å²) in [4.78, 5) is 31.4. The number of H-pyrrole nitrogens is 1. The monoisotopic (exact) mass is 343 g/mol. The number of aromatic amines is 1. The summed E-state index contributed by atoms with van der Waals surface area (Å²) >= 11 is 1.26. The average Bonchev–Trinajstić information content (AvgIpc) is 3.02. The van der Waals surface area contributed by atoms with Gasteiger partial charge in [0.2, 0.25) is 5.91 Å². The molecule has 0 saturated carbocycles. The van der Waals surface area contributed by atoms with Crippen molar-refractivity contribution >= 4 is 23.4 Å². The van der Waals surface area contributed by atoms with Crippen LogP contribution in [0.2, 0.25) is 0 Å². The average molecular weight is 343 g/mol. The first-order chi connectivity index (χ1) is 11.5. The van der Waals surface area contributed by atoms with Gasteiger partial charge in [-0.25, -0.2) is 4.98 Å². The Kier molecular flexibility index (Phi) is 5.04. The van der Waals surface area contributed by atoms with Crippen LogP contribution in [-0.2, 0) is 17.6 Å². The molecule has 1 amide bonds. The number of hydrogen-bond acceptors (Lipinski definition) is 4. The molecule has 1 heterocycles. The van der Waals surface area contributed by atoms with Crippen LogP contribution in [0.1, 0.15) is 43.0 Å². The van der Waals surface area contributed by atoms with Gasteiger partial charge in [0, 0.05) is 11.3 Å². The number of benzene rings is 1. The first kappa shape index (κ1) is 16.8. The number of nitrogens with one attached hydrogen (secondary N) is 2. The molecule has 0 atom stereocenters. The summed E-state index contributed by atoms with van der Waals surface area (Å²) in [6.07, 6.45) is 2.63. The van der Waals surface area contributed by atoms with Crippen LogP contribution >= 0.6 is 11.8 Å². The summed E-state index contributed by atoms with van der Waals surface area (Å²) in [7, 11) is 0. The molecular weight excluding hydrogens is 322 g/mol. The highest BCUT2D eigenvalue weighted by Gasteiger charge is 2.17. The van der Waals surface area contributed by atoms with Crippen LogP contribution in [0.4, 0.5) is 5.69 Å². The highest BCUT2D eigenvalue weighted by atomic mass is 32.2. The third-order valence-corrected chi connectivity index (χ3v) is 4.99. The number of nitrogens with zero attached hydrogens (tertiary/aromatic N) is 1. The maximum Gasteiger partial charge on any atom is 0.254 e. The minimum atomic E-state index is -0.101. The Morgan fingerprint density at radius 3 is 2.92 bits per heavy atom. The molecule has 2 N–H and O–H groups in total. The predicted octanol–water partition coefficient (Wildman–Crippen LogP) is 3.11. The summed E-state index contributed by atoms with van der Waals surface area (Å²) in [6, 6.07) is 7.81. The number of aromatic nitrogens is 2. The first-order valence-corrected chi connectivity index (χ1v) is 9.17. The Hall–Kier alpha value is -2.08. The highest BCUT2D eigenvalue weighted by molar-refractivity contribution is 7.99. The molecule has 1 aliphatic carbocycles. The summed E-state index contributed by atoms with van der Waals surface area (Å²) in [6.45, 7) is 4.19. The van der Waals surface area contributed by atoms with E-state index in [4.69, 9.17) is 0 Å². The van der Waals surface area contributed by atoms with E-state index >= 15 is 0 Å². The van der Waals surface area contributed by atoms with Crippen molar-refractivity contribution in [2.24, 2.45) is 0 Å². The Balaban J connectivity index is 1.65. The van der Waals surface area contributed by atoms with Gasteiger partial charge in [-0.3, -0.25) is 9.59 Å². The van der Waals surface area contributed by atoms with E-state index < -0.39 is 0 Å². The number of rotatable bonds is 5. The van der Waals surface area contributed by atoms with E-state index in [1.165, 1.54) is 11.8 Å². The fourth-order valence-corrected chi connectivity index (χ4v) is 3.60. The van der Waals surface area contributed by atoms with Crippen molar-refractivity contribution in [3.8, 4) is 0 Å². The fraction of sp³-hybridized carbons (Fsp3) is 0.389. The molecule has 5 nitrogen and oxygen atoms in total. The van der Waals surface area contributed by atoms with Gasteiger partial charge in [0.05, 0.1) is 11.4 Å². The SMILES string of the molecule is CC(C)c1ccccc1NC(=O)CSc1nc2c(c(=O)[nH]1)CCC2. The van der Waals surface area contributed by atoms with Gasteiger partial charge in [0.1, 0.15) is 0 Å². The van der Waals surface area contributed by atoms with E-state index in [0.717, 1.165) is 41.8 Å². The van der Waals surface area contributed by atoms with Crippen molar-refractivity contribution in [3.63, 3.8) is 0 Å². The van der Waals surface area contributed by atoms with Crippen molar-refractivity contribution in [3.05, 3.63) is 51.4 Å². The van der Waals surface area contributed by atoms with E-state index in [1.807, 2.05) is 24.3 Å². The van der Waals surface area contributed by atoms with Crippen molar-refractivity contribution in [1.29, 1.82) is 0 Å². The summed E-state index contributed by atoms with van der Waals surface area (Å²) in [5.41, 5.74) is 3.57. The Bertz CT molecular complexity index is 814. The lowest BCUT2D eigenvalue weighted by atomic mass is 10.0. The number of para-hydroxylation sites is 1. The Morgan fingerprint density at radius 2 is 2.12 bits per heavy atom. The predicted molar refractivity (Wildman–Crippen MR) is 96.8 cm³/mol. The maximum atomic E-state index is 12.2. The lowest BCUT2D eigenvalue weighted by molar-refractivity contribution is -0.113. The zero-order valence-corrected chi connectivity index (χ0v) is 14.7. The van der Waals surface area contributed by atoms with Gasteiger partial charge in [-0.2, -0.15) is 0 Å². The highest BCUT2D eigenvalue weighted by Crippen LogP contribution is 2.24. The number of amides is 1. The normalized spacial score (nSPS) is 13.1. The number of anilines is 1. The molecule has 126 valence electrons. The summed E-state index contributed by atoms with van der Waals surface area (Å²) < 4.78 is 0. The summed E-state index contributed by atoms with van der Waals surface area (Å²) in [5.74, 6) is 0.453. The first-order valence-electron chi connectivity index (χ1n) is 8.18. The van der Waals surface area contributed by atoms with Crippen LogP contribution in [0.25, 0.3) is 0 Å². The second kappa shape index (κ2) is 7.21. The van der Waals surface area contributed by atoms with Gasteiger partial charge in [-0.1, -0.05) is 43.8 Å². The lowest BCUT2D eigenvalue weighted by Crippen LogP contribution is -2.18. The van der Waals surface area contributed by atoms with E-state index in [2.05, 4.69) is 29.1 Å². The van der Waals surface area contributed by atoms with Gasteiger partial charge in [0.25, 0.3) is 5.56 Å². The molecular formula is C18H21N3O2S. The third-order valence-electron chi connectivity index (χ3n) is 4.12. The minimum absolute atomic E-state index is 0.0643. The number of carbonyl (C=O) groups is 1. The van der Waals surface area contributed by atoms with E-state index in [-0.39, 0.29) is 17.2 Å². The molecule has 0 fully saturated rings. The second-order valence-corrected chi connectivity index (χ2v) is 7.19. The Morgan fingerprint density at radius 1 is 1.33 bits per heavy atom. The third kappa shape index (κ3) is 3.70. The van der Waals surface area contributed by atoms with Gasteiger partial charge in [-0.15, -0.1) is 0 Å².